The molecule has 1 aliphatic heterocycles. The molecule has 0 spiro atoms. The van der Waals surface area contributed by atoms with Crippen LogP contribution in [0.1, 0.15) is 0 Å². The van der Waals surface area contributed by atoms with Gasteiger partial charge in [0, 0.05) is 16.3 Å². The van der Waals surface area contributed by atoms with Crippen LogP contribution in [0.4, 0.5) is 4.11 Å². The second-order valence-electron chi connectivity index (χ2n) is 0.564. The Morgan fingerprint density at radius 3 is 1.75 bits per heavy atom. The first-order chi connectivity index (χ1) is 1.89. The molecule has 0 amide bonds. The summed E-state index contributed by atoms with van der Waals surface area (Å²) in [5, 5.41) is 0. The molecule has 0 aliphatic carbocycles. The predicted octanol–water partition coefficient (Wildman–Crippen LogP) is -0.722. The molecule has 4 heteroatoms. The number of hydrogen-bond donors (Lipinski definition) is 0. The van der Waals surface area contributed by atoms with Crippen molar-refractivity contribution in [1.29, 1.82) is 0 Å². The van der Waals surface area contributed by atoms with Crippen molar-refractivity contribution in [2.75, 3.05) is 0 Å². The highest BCUT2D eigenvalue weighted by Gasteiger charge is 2.12. The van der Waals surface area contributed by atoms with Crippen molar-refractivity contribution in [3.05, 3.63) is 0 Å². The normalized spacial score (nSPS) is 22.2. The van der Waals surface area contributed by atoms with E-state index in [4.69, 9.17) is 0 Å². The molecule has 0 fully saturated rings. The summed E-state index contributed by atoms with van der Waals surface area (Å²) in [7, 11) is 0.466. The lowest BCUT2D eigenvalue weighted by Crippen LogP contribution is -1.78. The van der Waals surface area contributed by atoms with Gasteiger partial charge in [-0.05, 0) is 0 Å². The molecule has 0 aromatic rings. The summed E-state index contributed by atoms with van der Waals surface area (Å²) < 4.78 is 11.2. The SMILES string of the molecule is F[Si]1[Si]=[Si]1. The van der Waals surface area contributed by atoms with Crippen LogP contribution < -0.4 is 0 Å². The van der Waals surface area contributed by atoms with E-state index < -0.39 is 8.17 Å². The van der Waals surface area contributed by atoms with Gasteiger partial charge in [0.2, 0.25) is 0 Å². The first-order valence-corrected chi connectivity index (χ1v) is 7.32. The van der Waals surface area contributed by atoms with Crippen LogP contribution in [0.2, 0.25) is 0 Å². The summed E-state index contributed by atoms with van der Waals surface area (Å²) in [6, 6.07) is 0. The van der Waals surface area contributed by atoms with Crippen molar-refractivity contribution in [3.8, 4) is 0 Å². The van der Waals surface area contributed by atoms with E-state index in [9.17, 15) is 4.11 Å². The van der Waals surface area contributed by atoms with Crippen LogP contribution in [0.15, 0.2) is 0 Å². The summed E-state index contributed by atoms with van der Waals surface area (Å²) in [5.41, 5.74) is 0. The Morgan fingerprint density at radius 2 is 1.75 bits per heavy atom. The first-order valence-electron chi connectivity index (χ1n) is 0.939. The van der Waals surface area contributed by atoms with Crippen LogP contribution >= 0.6 is 0 Å². The van der Waals surface area contributed by atoms with Crippen LogP contribution in [0.5, 0.6) is 0 Å². The van der Waals surface area contributed by atoms with Crippen LogP contribution in [0.3, 0.4) is 0 Å². The largest absolute Gasteiger partial charge is 0.315 e. The standard InChI is InChI=1S/FSi3/c1-4-2-3-4. The Hall–Kier alpha value is 0.581. The fourth-order valence-corrected chi connectivity index (χ4v) is 1.91. The highest BCUT2D eigenvalue weighted by molar-refractivity contribution is 7.63. The van der Waals surface area contributed by atoms with Gasteiger partial charge in [-0.15, -0.1) is 0 Å². The Labute approximate surface area is 29.4 Å². The third kappa shape index (κ3) is 0.503. The monoisotopic (exact) mass is 103 g/mol. The van der Waals surface area contributed by atoms with Gasteiger partial charge in [-0.25, -0.2) is 0 Å². The minimum atomic E-state index is -1.07. The lowest BCUT2D eigenvalue weighted by molar-refractivity contribution is 0.886. The average molecular weight is 103 g/mol. The molecule has 1 rings (SSSR count). The lowest BCUT2D eigenvalue weighted by Gasteiger charge is -1.49. The summed E-state index contributed by atoms with van der Waals surface area (Å²) in [6.07, 6.45) is 0. The molecule has 0 aromatic carbocycles. The van der Waals surface area contributed by atoms with Gasteiger partial charge >= 0.3 is 0 Å². The van der Waals surface area contributed by atoms with Gasteiger partial charge in [0.25, 0.3) is 8.17 Å². The van der Waals surface area contributed by atoms with Crippen molar-refractivity contribution in [3.63, 3.8) is 0 Å². The Kier molecular flexibility index (Phi) is 0.536. The summed E-state index contributed by atoms with van der Waals surface area (Å²) in [6.45, 7) is 0. The predicted molar refractivity (Wildman–Crippen MR) is 18.4 cm³/mol. The Balaban J connectivity index is 2.32. The minimum Gasteiger partial charge on any atom is -0.315 e. The molecule has 0 saturated heterocycles. The van der Waals surface area contributed by atoms with Gasteiger partial charge in [0.1, 0.15) is 0 Å². The van der Waals surface area contributed by atoms with Crippen LogP contribution in [0.25, 0.3) is 0 Å². The second kappa shape index (κ2) is 0.766. The van der Waals surface area contributed by atoms with Crippen molar-refractivity contribution in [1.82, 2.24) is 0 Å². The highest BCUT2D eigenvalue weighted by Crippen LogP contribution is 1.76. The van der Waals surface area contributed by atoms with Crippen molar-refractivity contribution in [2.24, 2.45) is 0 Å². The van der Waals surface area contributed by atoms with E-state index in [1.54, 1.807) is 0 Å². The van der Waals surface area contributed by atoms with E-state index in [1.165, 1.54) is 0 Å². The molecule has 0 aromatic heterocycles. The van der Waals surface area contributed by atoms with Gasteiger partial charge < -0.3 is 4.11 Å². The number of hydrogen-bond acceptors (Lipinski definition) is 0. The zero-order chi connectivity index (χ0) is 2.99. The fraction of sp³-hybridized carbons (Fsp3) is 0. The van der Waals surface area contributed by atoms with Gasteiger partial charge in [0.15, 0.2) is 0 Å². The van der Waals surface area contributed by atoms with Crippen molar-refractivity contribution in [2.45, 2.75) is 0 Å². The van der Waals surface area contributed by atoms with Crippen molar-refractivity contribution >= 4 is 24.4 Å². The zero-order valence-electron chi connectivity index (χ0n) is 1.88. The van der Waals surface area contributed by atoms with E-state index in [2.05, 4.69) is 0 Å². The second-order valence-corrected chi connectivity index (χ2v) is 11.8. The summed E-state index contributed by atoms with van der Waals surface area (Å²) >= 11 is 0. The number of halogens is 1. The molecule has 1 aliphatic rings. The Bertz CT molecular complexity index is 41.2. The third-order valence-electron chi connectivity index (χ3n) is 0.219. The molecular weight excluding hydrogens is 103 g/mol. The molecule has 19 valence electrons. The zero-order valence-corrected chi connectivity index (χ0v) is 4.88. The third-order valence-corrected chi connectivity index (χ3v) is 5.93. The molecule has 0 bridgehead atoms. The maximum atomic E-state index is 11.2. The quantitative estimate of drug-likeness (QED) is 0.280. The van der Waals surface area contributed by atoms with Crippen LogP contribution in [-0.2, 0) is 0 Å². The molecule has 0 unspecified atom stereocenters. The van der Waals surface area contributed by atoms with E-state index in [0.717, 1.165) is 16.3 Å². The van der Waals surface area contributed by atoms with Gasteiger partial charge in [-0.1, -0.05) is 0 Å². The van der Waals surface area contributed by atoms with E-state index >= 15 is 0 Å². The van der Waals surface area contributed by atoms with Crippen LogP contribution in [0, 0.1) is 0 Å². The summed E-state index contributed by atoms with van der Waals surface area (Å²) in [4.78, 5) is 0. The van der Waals surface area contributed by atoms with Gasteiger partial charge in [-0.3, -0.25) is 0 Å². The lowest BCUT2D eigenvalue weighted by atomic mass is 18.9. The molecule has 0 N–H and O–H groups in total. The van der Waals surface area contributed by atoms with Gasteiger partial charge in [0.05, 0.1) is 0 Å². The van der Waals surface area contributed by atoms with Crippen LogP contribution in [-0.4, -0.2) is 24.4 Å². The minimum absolute atomic E-state index is 0.770. The summed E-state index contributed by atoms with van der Waals surface area (Å²) in [5.74, 6) is 0. The molecule has 0 atom stereocenters. The fourth-order valence-electron chi connectivity index (χ4n) is 0.0236. The molecule has 0 nitrogen and oxygen atoms in total. The molecule has 3 radical (unpaired) electrons. The average Bonchev–Trinajstić information content (AvgIpc) is 1.75. The van der Waals surface area contributed by atoms with E-state index in [1.807, 2.05) is 0 Å². The smallest absolute Gasteiger partial charge is 0.267 e. The van der Waals surface area contributed by atoms with Gasteiger partial charge in [-0.2, -0.15) is 0 Å². The molecule has 1 heterocycles. The first kappa shape index (κ1) is 2.80. The molecular formula is FSi3. The molecule has 4 heavy (non-hydrogen) atoms. The topological polar surface area (TPSA) is 0 Å². The maximum absolute atomic E-state index is 11.2. The van der Waals surface area contributed by atoms with E-state index in [-0.39, 0.29) is 0 Å². The Morgan fingerprint density at radius 1 is 1.50 bits per heavy atom. The van der Waals surface area contributed by atoms with Crippen molar-refractivity contribution < 1.29 is 4.11 Å². The highest BCUT2D eigenvalue weighted by atomic mass is 29.9. The number of rotatable bonds is 0. The molecule has 0 saturated carbocycles. The maximum Gasteiger partial charge on any atom is 0.267 e. The van der Waals surface area contributed by atoms with E-state index in [0.29, 0.717) is 0 Å².